The van der Waals surface area contributed by atoms with E-state index in [1.54, 1.807) is 19.0 Å². The van der Waals surface area contributed by atoms with Gasteiger partial charge < -0.3 is 16.0 Å². The molecule has 28 heavy (non-hydrogen) atoms. The van der Waals surface area contributed by atoms with Gasteiger partial charge in [-0.1, -0.05) is 44.2 Å². The number of carbonyl (C=O) groups excluding carboxylic acids is 1. The van der Waals surface area contributed by atoms with Gasteiger partial charge in [-0.3, -0.25) is 9.79 Å². The van der Waals surface area contributed by atoms with Crippen molar-refractivity contribution in [3.05, 3.63) is 64.7 Å². The number of hydrogen-bond acceptors (Lipinski definition) is 2. The molecule has 0 unspecified atom stereocenters. The van der Waals surface area contributed by atoms with Crippen molar-refractivity contribution in [1.29, 1.82) is 0 Å². The Balaban J connectivity index is 0.00000392. The lowest BCUT2D eigenvalue weighted by molar-refractivity contribution is 0.0827. The Morgan fingerprint density at radius 3 is 2.25 bits per heavy atom. The SMILES string of the molecule is CCc1cccc(CC)c1NC(N)=NCCc1cccc(C(=O)N(C)C)c1.I. The number of para-hydroxylation sites is 1. The van der Waals surface area contributed by atoms with Crippen molar-refractivity contribution in [2.45, 2.75) is 33.1 Å². The lowest BCUT2D eigenvalue weighted by atomic mass is 10.0. The van der Waals surface area contributed by atoms with Crippen molar-refractivity contribution in [3.8, 4) is 0 Å². The summed E-state index contributed by atoms with van der Waals surface area (Å²) in [6, 6.07) is 14.0. The molecule has 6 heteroatoms. The molecule has 0 heterocycles. The van der Waals surface area contributed by atoms with Gasteiger partial charge in [0.15, 0.2) is 5.96 Å². The fraction of sp³-hybridized carbons (Fsp3) is 0.364. The van der Waals surface area contributed by atoms with Gasteiger partial charge in [-0.2, -0.15) is 0 Å². The molecule has 0 aromatic heterocycles. The molecular formula is C22H31IN4O. The monoisotopic (exact) mass is 494 g/mol. The molecule has 3 N–H and O–H groups in total. The standard InChI is InChI=1S/C22H30N4O.HI/c1-5-17-10-8-11-18(6-2)20(17)25-22(23)24-14-13-16-9-7-12-19(15-16)21(27)26(3)4;/h7-12,15H,5-6,13-14H2,1-4H3,(H3,23,24,25);1H. The fourth-order valence-electron chi connectivity index (χ4n) is 2.99. The van der Waals surface area contributed by atoms with Gasteiger partial charge in [-0.05, 0) is 48.1 Å². The Morgan fingerprint density at radius 2 is 1.68 bits per heavy atom. The van der Waals surface area contributed by atoms with Crippen LogP contribution >= 0.6 is 24.0 Å². The van der Waals surface area contributed by atoms with E-state index in [1.807, 2.05) is 24.3 Å². The van der Waals surface area contributed by atoms with E-state index in [2.05, 4.69) is 42.4 Å². The van der Waals surface area contributed by atoms with Crippen molar-refractivity contribution in [1.82, 2.24) is 4.90 Å². The highest BCUT2D eigenvalue weighted by atomic mass is 127. The van der Waals surface area contributed by atoms with Crippen LogP contribution in [0.4, 0.5) is 5.69 Å². The van der Waals surface area contributed by atoms with E-state index in [4.69, 9.17) is 5.73 Å². The quantitative estimate of drug-likeness (QED) is 0.346. The minimum Gasteiger partial charge on any atom is -0.370 e. The summed E-state index contributed by atoms with van der Waals surface area (Å²) in [6.45, 7) is 4.83. The van der Waals surface area contributed by atoms with Gasteiger partial charge in [-0.25, -0.2) is 0 Å². The van der Waals surface area contributed by atoms with Crippen molar-refractivity contribution >= 4 is 41.5 Å². The van der Waals surface area contributed by atoms with Crippen molar-refractivity contribution in [2.24, 2.45) is 10.7 Å². The molecule has 2 aromatic rings. The van der Waals surface area contributed by atoms with E-state index in [1.165, 1.54) is 11.1 Å². The minimum absolute atomic E-state index is 0. The lowest BCUT2D eigenvalue weighted by Crippen LogP contribution is -2.24. The molecule has 0 aliphatic carbocycles. The maximum absolute atomic E-state index is 12.1. The van der Waals surface area contributed by atoms with Crippen molar-refractivity contribution < 1.29 is 4.79 Å². The maximum atomic E-state index is 12.1. The number of rotatable bonds is 7. The number of nitrogens with zero attached hydrogens (tertiary/aromatic N) is 2. The van der Waals surface area contributed by atoms with Crippen LogP contribution in [0.15, 0.2) is 47.5 Å². The highest BCUT2D eigenvalue weighted by molar-refractivity contribution is 14.0. The second kappa shape index (κ2) is 11.7. The van der Waals surface area contributed by atoms with E-state index in [0.717, 1.165) is 30.5 Å². The Bertz CT molecular complexity index is 796. The van der Waals surface area contributed by atoms with Crippen LogP contribution in [-0.4, -0.2) is 37.4 Å². The average Bonchev–Trinajstić information content (AvgIpc) is 2.67. The molecule has 0 saturated heterocycles. The molecule has 0 bridgehead atoms. The largest absolute Gasteiger partial charge is 0.370 e. The van der Waals surface area contributed by atoms with E-state index in [9.17, 15) is 4.79 Å². The zero-order valence-corrected chi connectivity index (χ0v) is 19.5. The third-order valence-corrected chi connectivity index (χ3v) is 4.51. The first kappa shape index (κ1) is 23.9. The minimum atomic E-state index is 0. The predicted molar refractivity (Wildman–Crippen MR) is 129 cm³/mol. The van der Waals surface area contributed by atoms with Crippen LogP contribution in [0.5, 0.6) is 0 Å². The summed E-state index contributed by atoms with van der Waals surface area (Å²) in [5, 5.41) is 3.28. The van der Waals surface area contributed by atoms with Crippen LogP contribution in [0, 0.1) is 0 Å². The molecule has 0 spiro atoms. The number of guanidine groups is 1. The Labute approximate surface area is 185 Å². The first-order valence-corrected chi connectivity index (χ1v) is 9.44. The number of nitrogens with one attached hydrogen (secondary N) is 1. The smallest absolute Gasteiger partial charge is 0.253 e. The van der Waals surface area contributed by atoms with Gasteiger partial charge in [0.25, 0.3) is 5.91 Å². The third kappa shape index (κ3) is 6.51. The first-order chi connectivity index (χ1) is 13.0. The average molecular weight is 494 g/mol. The Hall–Kier alpha value is -2.09. The van der Waals surface area contributed by atoms with Crippen molar-refractivity contribution in [2.75, 3.05) is 26.0 Å². The molecular weight excluding hydrogens is 463 g/mol. The molecule has 0 radical (unpaired) electrons. The molecule has 152 valence electrons. The summed E-state index contributed by atoms with van der Waals surface area (Å²) in [5.74, 6) is 0.427. The summed E-state index contributed by atoms with van der Waals surface area (Å²) in [5.41, 5.74) is 11.4. The number of nitrogens with two attached hydrogens (primary N) is 1. The first-order valence-electron chi connectivity index (χ1n) is 9.44. The van der Waals surface area contributed by atoms with Gasteiger partial charge >= 0.3 is 0 Å². The van der Waals surface area contributed by atoms with E-state index >= 15 is 0 Å². The number of amides is 1. The topological polar surface area (TPSA) is 70.7 Å². The third-order valence-electron chi connectivity index (χ3n) is 4.51. The lowest BCUT2D eigenvalue weighted by Gasteiger charge is -2.15. The molecule has 5 nitrogen and oxygen atoms in total. The highest BCUT2D eigenvalue weighted by Gasteiger charge is 2.09. The number of aryl methyl sites for hydroxylation is 2. The van der Waals surface area contributed by atoms with E-state index in [0.29, 0.717) is 18.1 Å². The zero-order chi connectivity index (χ0) is 19.8. The molecule has 0 fully saturated rings. The molecule has 0 aliphatic heterocycles. The number of anilines is 1. The number of benzene rings is 2. The molecule has 2 rings (SSSR count). The maximum Gasteiger partial charge on any atom is 0.253 e. The molecule has 0 atom stereocenters. The molecule has 0 saturated carbocycles. The number of carbonyl (C=O) groups is 1. The van der Waals surface area contributed by atoms with Crippen LogP contribution in [-0.2, 0) is 19.3 Å². The predicted octanol–water partition coefficient (Wildman–Crippen LogP) is 4.10. The van der Waals surface area contributed by atoms with Crippen LogP contribution in [0.2, 0.25) is 0 Å². The van der Waals surface area contributed by atoms with Crippen LogP contribution in [0.3, 0.4) is 0 Å². The second-order valence-corrected chi connectivity index (χ2v) is 6.70. The van der Waals surface area contributed by atoms with Gasteiger partial charge in [0.05, 0.1) is 0 Å². The Morgan fingerprint density at radius 1 is 1.07 bits per heavy atom. The summed E-state index contributed by atoms with van der Waals surface area (Å²) in [4.78, 5) is 18.1. The zero-order valence-electron chi connectivity index (χ0n) is 17.2. The van der Waals surface area contributed by atoms with E-state index in [-0.39, 0.29) is 29.9 Å². The second-order valence-electron chi connectivity index (χ2n) is 6.70. The van der Waals surface area contributed by atoms with Crippen LogP contribution in [0.1, 0.15) is 40.9 Å². The van der Waals surface area contributed by atoms with E-state index < -0.39 is 0 Å². The van der Waals surface area contributed by atoms with Gasteiger partial charge in [0.1, 0.15) is 0 Å². The summed E-state index contributed by atoms with van der Waals surface area (Å²) >= 11 is 0. The fourth-order valence-corrected chi connectivity index (χ4v) is 2.99. The summed E-state index contributed by atoms with van der Waals surface area (Å²) in [6.07, 6.45) is 2.61. The highest BCUT2D eigenvalue weighted by Crippen LogP contribution is 2.22. The van der Waals surface area contributed by atoms with Gasteiger partial charge in [0.2, 0.25) is 0 Å². The van der Waals surface area contributed by atoms with Gasteiger partial charge in [0, 0.05) is 31.9 Å². The number of halogens is 1. The van der Waals surface area contributed by atoms with Crippen LogP contribution in [0.25, 0.3) is 0 Å². The summed E-state index contributed by atoms with van der Waals surface area (Å²) < 4.78 is 0. The molecule has 2 aromatic carbocycles. The molecule has 1 amide bonds. The normalized spacial score (nSPS) is 10.9. The van der Waals surface area contributed by atoms with Gasteiger partial charge in [-0.15, -0.1) is 24.0 Å². The Kier molecular flexibility index (Phi) is 9.99. The number of hydrogen-bond donors (Lipinski definition) is 2. The van der Waals surface area contributed by atoms with Crippen molar-refractivity contribution in [3.63, 3.8) is 0 Å². The molecule has 0 aliphatic rings. The number of aliphatic imine (C=N–C) groups is 1. The summed E-state index contributed by atoms with van der Waals surface area (Å²) in [7, 11) is 3.51. The van der Waals surface area contributed by atoms with Crippen LogP contribution < -0.4 is 11.1 Å².